The van der Waals surface area contributed by atoms with Gasteiger partial charge in [-0.15, -0.1) is 0 Å². The summed E-state index contributed by atoms with van der Waals surface area (Å²) in [6.07, 6.45) is 4.46. The highest BCUT2D eigenvalue weighted by Crippen LogP contribution is 2.34. The van der Waals surface area contributed by atoms with Crippen LogP contribution in [-0.4, -0.2) is 83.3 Å². The maximum atomic E-state index is 13.1. The lowest BCUT2D eigenvalue weighted by atomic mass is 9.88. The highest BCUT2D eigenvalue weighted by atomic mass is 16.5. The van der Waals surface area contributed by atoms with Gasteiger partial charge < -0.3 is 19.5 Å². The number of carbonyl (C=O) groups is 3. The number of piperazine rings is 1. The minimum Gasteiger partial charge on any atom is -0.496 e. The lowest BCUT2D eigenvalue weighted by Gasteiger charge is -2.43. The van der Waals surface area contributed by atoms with Crippen molar-refractivity contribution in [3.8, 4) is 11.5 Å². The number of likely N-dealkylation sites (tertiary alicyclic amines) is 1. The summed E-state index contributed by atoms with van der Waals surface area (Å²) >= 11 is 0. The van der Waals surface area contributed by atoms with E-state index in [0.29, 0.717) is 34.4 Å². The third kappa shape index (κ3) is 5.34. The number of benzene rings is 2. The van der Waals surface area contributed by atoms with Crippen molar-refractivity contribution >= 4 is 17.9 Å². The Morgan fingerprint density at radius 3 is 2.29 bits per heavy atom. The molecule has 3 amide bonds. The third-order valence-corrected chi connectivity index (χ3v) is 8.04. The van der Waals surface area contributed by atoms with E-state index in [1.807, 2.05) is 23.1 Å². The second-order valence-electron chi connectivity index (χ2n) is 10.3. The van der Waals surface area contributed by atoms with Crippen molar-refractivity contribution in [3.63, 3.8) is 0 Å². The SMILES string of the molecule is COc1ccccc1CC1C(=O)N(C(=O)O)C1Oc1ccc(C(=O)N2CCN(C3CCCCC3)CC2)cc1. The molecule has 1 saturated carbocycles. The third-order valence-electron chi connectivity index (χ3n) is 8.04. The first kappa shape index (κ1) is 26.0. The summed E-state index contributed by atoms with van der Waals surface area (Å²) < 4.78 is 11.3. The number of imide groups is 1. The van der Waals surface area contributed by atoms with Crippen LogP contribution in [0.25, 0.3) is 0 Å². The molecule has 3 fully saturated rings. The average molecular weight is 522 g/mol. The predicted octanol–water partition coefficient (Wildman–Crippen LogP) is 3.87. The first-order valence-corrected chi connectivity index (χ1v) is 13.4. The summed E-state index contributed by atoms with van der Waals surface area (Å²) in [5, 5.41) is 9.55. The Bertz CT molecular complexity index is 1160. The van der Waals surface area contributed by atoms with Crippen molar-refractivity contribution in [1.82, 2.24) is 14.7 Å². The molecule has 0 bridgehead atoms. The Morgan fingerprint density at radius 2 is 1.63 bits per heavy atom. The molecule has 0 radical (unpaired) electrons. The zero-order valence-electron chi connectivity index (χ0n) is 21.8. The molecule has 5 rings (SSSR count). The minimum absolute atomic E-state index is 0.0140. The maximum Gasteiger partial charge on any atom is 0.417 e. The molecule has 1 N–H and O–H groups in total. The van der Waals surface area contributed by atoms with Crippen LogP contribution in [0.4, 0.5) is 4.79 Å². The Labute approximate surface area is 222 Å². The molecule has 9 nitrogen and oxygen atoms in total. The molecule has 2 aliphatic heterocycles. The van der Waals surface area contributed by atoms with E-state index in [1.54, 1.807) is 37.4 Å². The van der Waals surface area contributed by atoms with Crippen molar-refractivity contribution < 1.29 is 29.0 Å². The second-order valence-corrected chi connectivity index (χ2v) is 10.3. The summed E-state index contributed by atoms with van der Waals surface area (Å²) in [6, 6.07) is 14.7. The number of methoxy groups -OCH3 is 1. The zero-order chi connectivity index (χ0) is 26.6. The van der Waals surface area contributed by atoms with Gasteiger partial charge in [0.1, 0.15) is 11.5 Å². The van der Waals surface area contributed by atoms with E-state index >= 15 is 0 Å². The van der Waals surface area contributed by atoms with Crippen molar-refractivity contribution in [1.29, 1.82) is 0 Å². The van der Waals surface area contributed by atoms with Crippen LogP contribution in [0.2, 0.25) is 0 Å². The molecule has 2 heterocycles. The summed E-state index contributed by atoms with van der Waals surface area (Å²) in [7, 11) is 1.55. The minimum atomic E-state index is -1.35. The Balaban J connectivity index is 1.21. The van der Waals surface area contributed by atoms with Gasteiger partial charge in [0, 0.05) is 37.8 Å². The number of hydrogen-bond acceptors (Lipinski definition) is 6. The predicted molar refractivity (Wildman–Crippen MR) is 140 cm³/mol. The molecule has 2 aromatic rings. The number of β-lactam (4-membered cyclic amide) rings is 1. The number of amides is 3. The van der Waals surface area contributed by atoms with Gasteiger partial charge in [-0.2, -0.15) is 0 Å². The quantitative estimate of drug-likeness (QED) is 0.552. The van der Waals surface area contributed by atoms with Crippen molar-refractivity contribution in [3.05, 3.63) is 59.7 Å². The fourth-order valence-corrected chi connectivity index (χ4v) is 5.89. The van der Waals surface area contributed by atoms with E-state index in [0.717, 1.165) is 31.7 Å². The van der Waals surface area contributed by atoms with Crippen LogP contribution >= 0.6 is 0 Å². The smallest absolute Gasteiger partial charge is 0.417 e. The topological polar surface area (TPSA) is 99.6 Å². The molecule has 0 spiro atoms. The van der Waals surface area contributed by atoms with Gasteiger partial charge in [-0.05, 0) is 55.2 Å². The van der Waals surface area contributed by atoms with Gasteiger partial charge in [-0.3, -0.25) is 14.5 Å². The highest BCUT2D eigenvalue weighted by Gasteiger charge is 2.53. The van der Waals surface area contributed by atoms with Crippen molar-refractivity contribution in [2.24, 2.45) is 5.92 Å². The van der Waals surface area contributed by atoms with Gasteiger partial charge in [-0.25, -0.2) is 9.69 Å². The molecular weight excluding hydrogens is 486 g/mol. The highest BCUT2D eigenvalue weighted by molar-refractivity contribution is 5.98. The number of rotatable bonds is 7. The van der Waals surface area contributed by atoms with E-state index in [1.165, 1.54) is 32.1 Å². The van der Waals surface area contributed by atoms with Gasteiger partial charge in [-0.1, -0.05) is 37.5 Å². The van der Waals surface area contributed by atoms with Crippen LogP contribution in [0.15, 0.2) is 48.5 Å². The molecule has 0 aromatic heterocycles. The molecule has 9 heteroatoms. The van der Waals surface area contributed by atoms with E-state index in [9.17, 15) is 19.5 Å². The molecule has 1 aliphatic carbocycles. The number of nitrogens with zero attached hydrogens (tertiary/aromatic N) is 3. The lowest BCUT2D eigenvalue weighted by Crippen LogP contribution is -2.65. The number of hydrogen-bond donors (Lipinski definition) is 1. The van der Waals surface area contributed by atoms with Crippen LogP contribution in [0.3, 0.4) is 0 Å². The molecule has 2 atom stereocenters. The van der Waals surface area contributed by atoms with E-state index in [2.05, 4.69) is 4.90 Å². The molecule has 2 unspecified atom stereocenters. The molecule has 202 valence electrons. The van der Waals surface area contributed by atoms with Gasteiger partial charge in [0.05, 0.1) is 13.0 Å². The monoisotopic (exact) mass is 521 g/mol. The lowest BCUT2D eigenvalue weighted by molar-refractivity contribution is -0.169. The fourth-order valence-electron chi connectivity index (χ4n) is 5.89. The first-order chi connectivity index (χ1) is 18.5. The summed E-state index contributed by atoms with van der Waals surface area (Å²) in [5.41, 5.74) is 1.37. The van der Waals surface area contributed by atoms with Crippen molar-refractivity contribution in [2.45, 2.75) is 50.8 Å². The van der Waals surface area contributed by atoms with Crippen LogP contribution in [0, 0.1) is 5.92 Å². The molecule has 3 aliphatic rings. The van der Waals surface area contributed by atoms with E-state index < -0.39 is 24.1 Å². The number of carboxylic acid groups (broad SMARTS) is 1. The first-order valence-electron chi connectivity index (χ1n) is 13.4. The zero-order valence-corrected chi connectivity index (χ0v) is 21.8. The largest absolute Gasteiger partial charge is 0.496 e. The number of para-hydroxylation sites is 1. The standard InChI is InChI=1S/C29H35N3O6/c1-37-25-10-6-5-7-21(25)19-24-27(34)32(29(35)36)28(24)38-23-13-11-20(12-14-23)26(33)31-17-15-30(16-18-31)22-8-3-2-4-9-22/h5-7,10-14,22,24,28H,2-4,8-9,15-19H2,1H3,(H,35,36). The number of ether oxygens (including phenoxy) is 2. The van der Waals surface area contributed by atoms with Crippen molar-refractivity contribution in [2.75, 3.05) is 33.3 Å². The Hall–Kier alpha value is -3.59. The summed E-state index contributed by atoms with van der Waals surface area (Å²) in [4.78, 5) is 42.6. The van der Waals surface area contributed by atoms with Crippen LogP contribution in [0.5, 0.6) is 11.5 Å². The molecule has 2 saturated heterocycles. The second kappa shape index (κ2) is 11.4. The Morgan fingerprint density at radius 1 is 0.947 bits per heavy atom. The average Bonchev–Trinajstić information content (AvgIpc) is 2.96. The maximum absolute atomic E-state index is 13.1. The van der Waals surface area contributed by atoms with Crippen LogP contribution < -0.4 is 9.47 Å². The van der Waals surface area contributed by atoms with Crippen LogP contribution in [0.1, 0.15) is 48.0 Å². The van der Waals surface area contributed by atoms with E-state index in [4.69, 9.17) is 9.47 Å². The van der Waals surface area contributed by atoms with Gasteiger partial charge in [0.2, 0.25) is 5.91 Å². The Kier molecular flexibility index (Phi) is 7.83. The van der Waals surface area contributed by atoms with Gasteiger partial charge in [0.15, 0.2) is 6.23 Å². The fraction of sp³-hybridized carbons (Fsp3) is 0.483. The van der Waals surface area contributed by atoms with Gasteiger partial charge in [0.25, 0.3) is 5.91 Å². The molecule has 2 aromatic carbocycles. The van der Waals surface area contributed by atoms with Crippen LogP contribution in [-0.2, 0) is 11.2 Å². The van der Waals surface area contributed by atoms with E-state index in [-0.39, 0.29) is 5.91 Å². The van der Waals surface area contributed by atoms with Gasteiger partial charge >= 0.3 is 6.09 Å². The number of carbonyl (C=O) groups excluding carboxylic acids is 2. The normalized spacial score (nSPS) is 22.6. The summed E-state index contributed by atoms with van der Waals surface area (Å²) in [5.74, 6) is -0.149. The summed E-state index contributed by atoms with van der Waals surface area (Å²) in [6.45, 7) is 3.25. The molecular formula is C29H35N3O6. The molecule has 38 heavy (non-hydrogen) atoms.